The molecule has 3 aromatic rings. The lowest BCUT2D eigenvalue weighted by atomic mass is 9.72. The van der Waals surface area contributed by atoms with Crippen LogP contribution in [0.3, 0.4) is 0 Å². The molecular weight excluding hydrogens is 360 g/mol. The van der Waals surface area contributed by atoms with Crippen molar-refractivity contribution in [2.75, 3.05) is 5.01 Å². The molecule has 4 unspecified atom stereocenters. The lowest BCUT2D eigenvalue weighted by Gasteiger charge is -2.34. The zero-order valence-electron chi connectivity index (χ0n) is 16.0. The van der Waals surface area contributed by atoms with Crippen molar-refractivity contribution in [2.45, 2.75) is 24.5 Å². The van der Waals surface area contributed by atoms with Gasteiger partial charge in [-0.3, -0.25) is 0 Å². The van der Waals surface area contributed by atoms with Gasteiger partial charge in [-0.1, -0.05) is 42.5 Å². The summed E-state index contributed by atoms with van der Waals surface area (Å²) in [5.41, 5.74) is 5.01. The Hall–Kier alpha value is -3.24. The van der Waals surface area contributed by atoms with Gasteiger partial charge in [-0.2, -0.15) is 0 Å². The van der Waals surface area contributed by atoms with Gasteiger partial charge in [0.2, 0.25) is 0 Å². The van der Waals surface area contributed by atoms with Crippen LogP contribution in [0.25, 0.3) is 21.9 Å². The number of fused-ring (bicyclic) bond motifs is 9. The molecule has 4 heteroatoms. The van der Waals surface area contributed by atoms with Gasteiger partial charge in [-0.05, 0) is 36.8 Å². The van der Waals surface area contributed by atoms with Gasteiger partial charge >= 0.3 is 0 Å². The van der Waals surface area contributed by atoms with Gasteiger partial charge in [0.1, 0.15) is 23.0 Å². The van der Waals surface area contributed by atoms with Crippen LogP contribution in [0.4, 0.5) is 5.69 Å². The summed E-state index contributed by atoms with van der Waals surface area (Å²) in [6, 6.07) is 12.6. The van der Waals surface area contributed by atoms with Gasteiger partial charge < -0.3 is 14.2 Å². The van der Waals surface area contributed by atoms with Crippen LogP contribution in [-0.4, -0.2) is 12.1 Å². The summed E-state index contributed by atoms with van der Waals surface area (Å²) in [7, 11) is 0. The zero-order chi connectivity index (χ0) is 19.3. The van der Waals surface area contributed by atoms with Crippen molar-refractivity contribution >= 4 is 27.6 Å². The van der Waals surface area contributed by atoms with Gasteiger partial charge in [0.15, 0.2) is 0 Å². The van der Waals surface area contributed by atoms with E-state index in [0.717, 1.165) is 33.4 Å². The molecule has 0 amide bonds. The van der Waals surface area contributed by atoms with E-state index in [-0.39, 0.29) is 23.5 Å². The van der Waals surface area contributed by atoms with E-state index in [9.17, 15) is 0 Å². The molecule has 0 bridgehead atoms. The first-order valence-electron chi connectivity index (χ1n) is 10.1. The van der Waals surface area contributed by atoms with E-state index in [4.69, 9.17) is 15.0 Å². The smallest absolute Gasteiger partial charge is 0.137 e. The molecule has 0 spiro atoms. The van der Waals surface area contributed by atoms with E-state index < -0.39 is 0 Å². The van der Waals surface area contributed by atoms with Crippen molar-refractivity contribution in [3.63, 3.8) is 0 Å². The van der Waals surface area contributed by atoms with E-state index in [1.54, 1.807) is 0 Å². The van der Waals surface area contributed by atoms with Crippen molar-refractivity contribution in [1.29, 1.82) is 0 Å². The van der Waals surface area contributed by atoms with E-state index in [0.29, 0.717) is 0 Å². The third-order valence-electron chi connectivity index (χ3n) is 7.03. The maximum atomic E-state index is 6.67. The fourth-order valence-corrected chi connectivity index (χ4v) is 5.53. The number of hydrazine groups is 1. The van der Waals surface area contributed by atoms with Crippen LogP contribution in [0, 0.1) is 5.92 Å². The summed E-state index contributed by atoms with van der Waals surface area (Å²) >= 11 is 0. The zero-order valence-corrected chi connectivity index (χ0v) is 16.0. The van der Waals surface area contributed by atoms with Crippen molar-refractivity contribution in [1.82, 2.24) is 0 Å². The number of nitrogens with zero attached hydrogens (tertiary/aromatic N) is 1. The average Bonchev–Trinajstić information content (AvgIpc) is 3.34. The van der Waals surface area contributed by atoms with E-state index in [1.165, 1.54) is 11.1 Å². The summed E-state index contributed by atoms with van der Waals surface area (Å²) in [5, 5.41) is 4.17. The Kier molecular flexibility index (Phi) is 2.71. The molecule has 4 aliphatic rings. The predicted octanol–water partition coefficient (Wildman–Crippen LogP) is 4.87. The first-order chi connectivity index (χ1) is 14.1. The minimum Gasteiger partial charge on any atom is -0.485 e. The number of ether oxygens (including phenoxy) is 1. The number of para-hydroxylation sites is 1. The number of furan rings is 1. The molecule has 0 radical (unpaired) electrons. The van der Waals surface area contributed by atoms with Gasteiger partial charge in [0, 0.05) is 33.7 Å². The summed E-state index contributed by atoms with van der Waals surface area (Å²) in [5.74, 6) is 7.93. The molecule has 2 N–H and O–H groups in total. The number of anilines is 1. The third-order valence-corrected chi connectivity index (χ3v) is 7.03. The second kappa shape index (κ2) is 5.02. The first kappa shape index (κ1) is 15.7. The number of rotatable bonds is 0. The molecule has 2 aliphatic carbocycles. The Morgan fingerprint density at radius 2 is 1.90 bits per heavy atom. The molecule has 142 valence electrons. The van der Waals surface area contributed by atoms with Crippen molar-refractivity contribution < 1.29 is 9.15 Å². The summed E-state index contributed by atoms with van der Waals surface area (Å²) in [6.45, 7) is 2.26. The third kappa shape index (κ3) is 1.83. The topological polar surface area (TPSA) is 51.6 Å². The van der Waals surface area contributed by atoms with Crippen LogP contribution in [0.1, 0.15) is 12.5 Å². The monoisotopic (exact) mass is 380 g/mol. The Balaban J connectivity index is 1.45. The average molecular weight is 380 g/mol. The fraction of sp³-hybridized carbons (Fsp3) is 0.200. The Morgan fingerprint density at radius 3 is 2.83 bits per heavy atom. The van der Waals surface area contributed by atoms with E-state index in [1.807, 2.05) is 17.1 Å². The molecule has 7 rings (SSSR count). The summed E-state index contributed by atoms with van der Waals surface area (Å²) < 4.78 is 12.4. The van der Waals surface area contributed by atoms with E-state index >= 15 is 0 Å². The molecule has 4 atom stereocenters. The highest BCUT2D eigenvalue weighted by molar-refractivity contribution is 6.06. The second-order valence-electron chi connectivity index (χ2n) is 8.61. The molecule has 0 saturated carbocycles. The van der Waals surface area contributed by atoms with Gasteiger partial charge in [-0.15, -0.1) is 0 Å². The lowest BCUT2D eigenvalue weighted by Crippen LogP contribution is -2.46. The highest BCUT2D eigenvalue weighted by atomic mass is 16.5. The van der Waals surface area contributed by atoms with Crippen molar-refractivity contribution in [2.24, 2.45) is 11.8 Å². The Labute approximate surface area is 168 Å². The van der Waals surface area contributed by atoms with Crippen LogP contribution in [0.5, 0.6) is 0 Å². The van der Waals surface area contributed by atoms with Crippen LogP contribution in [-0.2, 0) is 10.2 Å². The predicted molar refractivity (Wildman–Crippen MR) is 114 cm³/mol. The van der Waals surface area contributed by atoms with Crippen LogP contribution in [0.15, 0.2) is 88.6 Å². The Morgan fingerprint density at radius 1 is 1.03 bits per heavy atom. The number of hydrogen-bond acceptors (Lipinski definition) is 4. The largest absolute Gasteiger partial charge is 0.485 e. The molecule has 29 heavy (non-hydrogen) atoms. The van der Waals surface area contributed by atoms with Crippen LogP contribution < -0.4 is 10.9 Å². The summed E-state index contributed by atoms with van der Waals surface area (Å²) in [4.78, 5) is 0. The van der Waals surface area contributed by atoms with Gasteiger partial charge in [0.25, 0.3) is 0 Å². The molecule has 1 aromatic heterocycles. The quantitative estimate of drug-likeness (QED) is 0.565. The normalized spacial score (nSPS) is 31.2. The fourth-order valence-electron chi connectivity index (χ4n) is 5.53. The van der Waals surface area contributed by atoms with Crippen molar-refractivity contribution in [3.05, 3.63) is 89.8 Å². The van der Waals surface area contributed by atoms with E-state index in [2.05, 4.69) is 67.6 Å². The molecular formula is C25H20N2O2. The first-order valence-corrected chi connectivity index (χ1v) is 10.1. The second-order valence-corrected chi connectivity index (χ2v) is 8.61. The van der Waals surface area contributed by atoms with Gasteiger partial charge in [-0.25, -0.2) is 5.84 Å². The number of allylic oxidation sites excluding steroid dienone is 3. The summed E-state index contributed by atoms with van der Waals surface area (Å²) in [6.07, 6.45) is 13.2. The maximum absolute atomic E-state index is 6.67. The molecule has 4 nitrogen and oxygen atoms in total. The van der Waals surface area contributed by atoms with Crippen LogP contribution in [0.2, 0.25) is 0 Å². The number of benzene rings is 2. The van der Waals surface area contributed by atoms with Crippen molar-refractivity contribution in [3.8, 4) is 0 Å². The highest BCUT2D eigenvalue weighted by Gasteiger charge is 2.51. The lowest BCUT2D eigenvalue weighted by molar-refractivity contribution is 0.182. The molecule has 1 fully saturated rings. The SMILES string of the molecule is CC12C=C3OC4C=CC=CC4C3=CC1N(N)c1cc3oc4ccccc4c3cc12. The highest BCUT2D eigenvalue weighted by Crippen LogP contribution is 2.53. The minimum atomic E-state index is -0.254. The van der Waals surface area contributed by atoms with Crippen LogP contribution >= 0.6 is 0 Å². The standard InChI is InChI=1S/C25H20N2O2/c1-25-13-23-17(15-7-3-5-9-21(15)29-23)11-24(25)27(26)19-12-22-16(10-18(19)25)14-6-2-4-8-20(14)28-22/h2-13,15,21,24H,26H2,1H3. The molecule has 3 heterocycles. The maximum Gasteiger partial charge on any atom is 0.137 e. The van der Waals surface area contributed by atoms with Gasteiger partial charge in [0.05, 0.1) is 11.7 Å². The number of hydrogen-bond donors (Lipinski definition) is 1. The molecule has 2 aromatic carbocycles. The molecule has 2 aliphatic heterocycles. The number of nitrogens with two attached hydrogens (primary N) is 1. The minimum absolute atomic E-state index is 0.0516. The molecule has 1 saturated heterocycles. The Bertz CT molecular complexity index is 1340.